The molecule has 3 heterocycles. The highest BCUT2D eigenvalue weighted by atomic mass is 28.3. The van der Waals surface area contributed by atoms with E-state index < -0.39 is 16.1 Å². The van der Waals surface area contributed by atoms with Crippen LogP contribution in [0.5, 0.6) is 0 Å². The first-order valence-electron chi connectivity index (χ1n) is 19.8. The van der Waals surface area contributed by atoms with E-state index in [2.05, 4.69) is 224 Å². The van der Waals surface area contributed by atoms with Crippen LogP contribution >= 0.6 is 0 Å². The number of benzene rings is 8. The molecule has 0 aromatic heterocycles. The zero-order chi connectivity index (χ0) is 37.6. The number of rotatable bonds is 5. The van der Waals surface area contributed by atoms with E-state index in [-0.39, 0.29) is 6.71 Å². The minimum atomic E-state index is -2.73. The van der Waals surface area contributed by atoms with Crippen molar-refractivity contribution in [3.05, 3.63) is 194 Å². The fraction of sp³-hybridized carbons (Fsp3) is 0.0588. The van der Waals surface area contributed by atoms with E-state index in [9.17, 15) is 0 Å². The van der Waals surface area contributed by atoms with Crippen LogP contribution in [0.2, 0.25) is 19.6 Å². The molecule has 0 saturated heterocycles. The molecule has 0 atom stereocenters. The lowest BCUT2D eigenvalue weighted by atomic mass is 9.33. The Bertz CT molecular complexity index is 2760. The van der Waals surface area contributed by atoms with Gasteiger partial charge in [-0.1, -0.05) is 170 Å². The lowest BCUT2D eigenvalue weighted by Gasteiger charge is -2.45. The van der Waals surface area contributed by atoms with Gasteiger partial charge in [-0.3, -0.25) is 0 Å². The van der Waals surface area contributed by atoms with Crippen molar-refractivity contribution in [1.82, 2.24) is 0 Å². The lowest BCUT2D eigenvalue weighted by molar-refractivity contribution is 1.26. The topological polar surface area (TPSA) is 6.48 Å². The summed E-state index contributed by atoms with van der Waals surface area (Å²) in [4.78, 5) is 5.15. The summed E-state index contributed by atoms with van der Waals surface area (Å²) < 4.78 is 0. The standard InChI is InChI=1S/C51H41BN2Si2/c1-55(2,3)40-32-47-51-48(33-40)54(37-22-10-5-11-23-37)46-35-50-42(34-44(46)52(51)43-29-17-18-30-45(43)53(47)36-20-8-4-9-21-36)41-28-16-19-31-49(41)56(50,38-24-12-6-13-25-38)39-26-14-7-15-27-39/h4-35H,1-3H3. The first-order valence-corrected chi connectivity index (χ1v) is 25.3. The van der Waals surface area contributed by atoms with Crippen LogP contribution < -0.4 is 52.1 Å². The predicted octanol–water partition coefficient (Wildman–Crippen LogP) is 7.67. The fourth-order valence-electron chi connectivity index (χ4n) is 10.0. The highest BCUT2D eigenvalue weighted by molar-refractivity contribution is 7.22. The number of hydrogen-bond donors (Lipinski definition) is 0. The van der Waals surface area contributed by atoms with E-state index in [4.69, 9.17) is 0 Å². The van der Waals surface area contributed by atoms with Gasteiger partial charge in [-0.2, -0.15) is 0 Å². The molecular weight excluding hydrogens is 708 g/mol. The third kappa shape index (κ3) is 4.68. The third-order valence-corrected chi connectivity index (χ3v) is 19.3. The van der Waals surface area contributed by atoms with Gasteiger partial charge in [-0.15, -0.1) is 0 Å². The second-order valence-electron chi connectivity index (χ2n) is 16.5. The monoisotopic (exact) mass is 748 g/mol. The third-order valence-electron chi connectivity index (χ3n) is 12.4. The molecule has 56 heavy (non-hydrogen) atoms. The van der Waals surface area contributed by atoms with Crippen LogP contribution in [-0.2, 0) is 0 Å². The van der Waals surface area contributed by atoms with Gasteiger partial charge in [0.2, 0.25) is 0 Å². The van der Waals surface area contributed by atoms with Crippen molar-refractivity contribution in [2.45, 2.75) is 19.6 Å². The Hall–Kier alpha value is -6.14. The fourth-order valence-corrected chi connectivity index (χ4v) is 16.3. The summed E-state index contributed by atoms with van der Waals surface area (Å²) in [6.45, 7) is 7.51. The first kappa shape index (κ1) is 33.2. The van der Waals surface area contributed by atoms with Gasteiger partial charge >= 0.3 is 0 Å². The highest BCUT2D eigenvalue weighted by Gasteiger charge is 2.51. The van der Waals surface area contributed by atoms with Gasteiger partial charge in [0.25, 0.3) is 6.71 Å². The lowest BCUT2D eigenvalue weighted by Crippen LogP contribution is -2.73. The Kier molecular flexibility index (Phi) is 7.38. The molecular formula is C51H41BN2Si2. The Balaban J connectivity index is 1.30. The predicted molar refractivity (Wildman–Crippen MR) is 246 cm³/mol. The van der Waals surface area contributed by atoms with Crippen molar-refractivity contribution in [2.75, 3.05) is 9.80 Å². The molecule has 0 spiro atoms. The maximum atomic E-state index is 2.64. The Morgan fingerprint density at radius 2 is 0.911 bits per heavy atom. The smallest absolute Gasteiger partial charge is 0.252 e. The molecule has 0 saturated carbocycles. The van der Waals surface area contributed by atoms with Crippen molar-refractivity contribution >= 4 is 99.3 Å². The number of anilines is 6. The summed E-state index contributed by atoms with van der Waals surface area (Å²) in [6, 6.07) is 73.7. The van der Waals surface area contributed by atoms with Crippen LogP contribution in [0.3, 0.4) is 0 Å². The summed E-state index contributed by atoms with van der Waals surface area (Å²) in [5.41, 5.74) is 14.3. The molecule has 0 amide bonds. The minimum Gasteiger partial charge on any atom is -0.311 e. The van der Waals surface area contributed by atoms with Crippen molar-refractivity contribution in [2.24, 2.45) is 0 Å². The van der Waals surface area contributed by atoms with Gasteiger partial charge in [-0.25, -0.2) is 0 Å². The van der Waals surface area contributed by atoms with E-state index in [1.165, 1.54) is 87.6 Å². The van der Waals surface area contributed by atoms with Gasteiger partial charge < -0.3 is 9.80 Å². The maximum Gasteiger partial charge on any atom is 0.252 e. The molecule has 5 heteroatoms. The molecule has 0 fully saturated rings. The molecule has 11 rings (SSSR count). The molecule has 0 aliphatic carbocycles. The molecule has 8 aromatic rings. The summed E-state index contributed by atoms with van der Waals surface area (Å²) in [5.74, 6) is 0. The van der Waals surface area contributed by atoms with Crippen LogP contribution in [0.1, 0.15) is 0 Å². The Labute approximate surface area is 332 Å². The van der Waals surface area contributed by atoms with E-state index in [1.54, 1.807) is 0 Å². The van der Waals surface area contributed by atoms with Crippen molar-refractivity contribution in [3.63, 3.8) is 0 Å². The number of fused-ring (bicyclic) bond motifs is 7. The summed E-state index contributed by atoms with van der Waals surface area (Å²) in [5, 5.41) is 7.24. The summed E-state index contributed by atoms with van der Waals surface area (Å²) in [6.07, 6.45) is 0. The van der Waals surface area contributed by atoms with E-state index in [1.807, 2.05) is 0 Å². The number of hydrogen-bond acceptors (Lipinski definition) is 2. The molecule has 0 bridgehead atoms. The molecule has 3 aliphatic rings. The van der Waals surface area contributed by atoms with Crippen molar-refractivity contribution < 1.29 is 0 Å². The normalized spacial score (nSPS) is 14.4. The second kappa shape index (κ2) is 12.4. The average Bonchev–Trinajstić information content (AvgIpc) is 3.53. The van der Waals surface area contributed by atoms with E-state index in [0.29, 0.717) is 0 Å². The Morgan fingerprint density at radius 3 is 1.50 bits per heavy atom. The number of para-hydroxylation sites is 3. The van der Waals surface area contributed by atoms with Gasteiger partial charge in [0.1, 0.15) is 0 Å². The van der Waals surface area contributed by atoms with Crippen LogP contribution in [0, 0.1) is 0 Å². The quantitative estimate of drug-likeness (QED) is 0.167. The van der Waals surface area contributed by atoms with Gasteiger partial charge in [0.05, 0.1) is 8.07 Å². The van der Waals surface area contributed by atoms with Crippen molar-refractivity contribution in [3.8, 4) is 11.1 Å². The zero-order valence-corrected chi connectivity index (χ0v) is 33.9. The molecule has 0 unspecified atom stereocenters. The average molecular weight is 749 g/mol. The van der Waals surface area contributed by atoms with Crippen molar-refractivity contribution in [1.29, 1.82) is 0 Å². The Morgan fingerprint density at radius 1 is 0.411 bits per heavy atom. The van der Waals surface area contributed by atoms with Gasteiger partial charge in [0.15, 0.2) is 8.07 Å². The highest BCUT2D eigenvalue weighted by Crippen LogP contribution is 2.44. The number of nitrogens with zero attached hydrogens (tertiary/aromatic N) is 2. The molecule has 266 valence electrons. The van der Waals surface area contributed by atoms with E-state index in [0.717, 1.165) is 0 Å². The van der Waals surface area contributed by atoms with Crippen LogP contribution in [0.15, 0.2) is 194 Å². The summed E-state index contributed by atoms with van der Waals surface area (Å²) in [7, 11) is -4.53. The molecule has 0 N–H and O–H groups in total. The molecule has 2 nitrogen and oxygen atoms in total. The molecule has 8 aromatic carbocycles. The van der Waals surface area contributed by atoms with E-state index >= 15 is 0 Å². The van der Waals surface area contributed by atoms with Gasteiger partial charge in [0, 0.05) is 34.1 Å². The second-order valence-corrected chi connectivity index (χ2v) is 25.3. The zero-order valence-electron chi connectivity index (χ0n) is 31.9. The first-order chi connectivity index (χ1) is 27.4. The van der Waals surface area contributed by atoms with Crippen LogP contribution in [0.4, 0.5) is 34.1 Å². The minimum absolute atomic E-state index is 0.0596. The van der Waals surface area contributed by atoms with Crippen LogP contribution in [0.25, 0.3) is 11.1 Å². The van der Waals surface area contributed by atoms with Crippen LogP contribution in [-0.4, -0.2) is 22.9 Å². The maximum absolute atomic E-state index is 2.73. The van der Waals surface area contributed by atoms with Gasteiger partial charge in [-0.05, 0) is 96.8 Å². The molecule has 3 aliphatic heterocycles. The largest absolute Gasteiger partial charge is 0.311 e. The summed E-state index contributed by atoms with van der Waals surface area (Å²) >= 11 is 0. The SMILES string of the molecule is C[Si](C)(C)c1cc2c3c(c1)N(c1ccccc1)c1cc4c(cc1B3c1ccccc1N2c1ccccc1)-c1ccccc1[Si]4(c1ccccc1)c1ccccc1. The molecule has 0 radical (unpaired) electrons.